The second-order valence-corrected chi connectivity index (χ2v) is 0. The molecule has 0 unspecified atom stereocenters. The molecule has 0 N–H and O–H groups in total. The van der Waals surface area contributed by atoms with Crippen molar-refractivity contribution in [3.63, 3.8) is 0 Å². The van der Waals surface area contributed by atoms with Crippen LogP contribution in [-0.4, -0.2) is 177 Å². The molecule has 0 amide bonds. The predicted molar refractivity (Wildman–Crippen MR) is 51.8 cm³/mol. The molecule has 0 saturated carbocycles. The van der Waals surface area contributed by atoms with Crippen molar-refractivity contribution in [2.45, 2.75) is 0 Å². The maximum Gasteiger partial charge on any atom is 3.00 e. The van der Waals surface area contributed by atoms with Gasteiger partial charge in [0.2, 0.25) is 0 Å². The minimum Gasteiger partial charge on any atom is -2.00 e. The zero-order valence-corrected chi connectivity index (χ0v) is 26.1. The molecule has 0 aromatic heterocycles. The summed E-state index contributed by atoms with van der Waals surface area (Å²) in [7, 11) is 0. The van der Waals surface area contributed by atoms with Gasteiger partial charge in [-0.1, -0.05) is 0 Å². The molecule has 11 heavy (non-hydrogen) atoms. The van der Waals surface area contributed by atoms with Crippen LogP contribution in [-0.2, 0) is 34.1 Å². The molecule has 0 aromatic rings. The van der Waals surface area contributed by atoms with Gasteiger partial charge in [0.05, 0.1) is 0 Å². The molecule has 11 heteroatoms. The van der Waals surface area contributed by atoms with Crippen LogP contribution in [0.25, 0.3) is 0 Å². The third-order valence-electron chi connectivity index (χ3n) is 0. The van der Waals surface area contributed by atoms with Gasteiger partial charge in [0.15, 0.2) is 0 Å². The third kappa shape index (κ3) is 80.6. The molecule has 0 nitrogen and oxygen atoms in total. The van der Waals surface area contributed by atoms with Crippen LogP contribution in [0.4, 0.5) is 0 Å². The van der Waals surface area contributed by atoms with E-state index < -0.39 is 0 Å². The monoisotopic (exact) mass is 787 g/mol. The summed E-state index contributed by atoms with van der Waals surface area (Å²) in [5.74, 6) is 0. The van der Waals surface area contributed by atoms with E-state index in [9.17, 15) is 0 Å². The Balaban J connectivity index is 0. The molecule has 0 aliphatic heterocycles. The predicted octanol–water partition coefficient (Wildman–Crippen LogP) is -3.43. The molecule has 0 saturated heterocycles. The molecule has 0 heterocycles. The first-order valence-corrected chi connectivity index (χ1v) is 0. The van der Waals surface area contributed by atoms with Crippen molar-refractivity contribution < 1.29 is 34.1 Å². The summed E-state index contributed by atoms with van der Waals surface area (Å²) in [4.78, 5) is 0. The van der Waals surface area contributed by atoms with E-state index in [-0.39, 0.29) is 211 Å². The van der Waals surface area contributed by atoms with E-state index in [0.717, 1.165) is 0 Å². The van der Waals surface area contributed by atoms with Gasteiger partial charge in [-0.2, -0.15) is 0 Å². The maximum absolute atomic E-state index is 0. The van der Waals surface area contributed by atoms with Gasteiger partial charge in [-0.25, -0.2) is 0 Å². The Hall–Kier alpha value is 6.68. The quantitative estimate of drug-likeness (QED) is 0.225. The van der Waals surface area contributed by atoms with Crippen LogP contribution in [0, 0.1) is 0 Å². The summed E-state index contributed by atoms with van der Waals surface area (Å²) in [5.41, 5.74) is 0. The van der Waals surface area contributed by atoms with E-state index in [1.165, 1.54) is 0 Å². The topological polar surface area (TPSA) is 0 Å². The minimum absolute atomic E-state index is 0. The van der Waals surface area contributed by atoms with Crippen LogP contribution in [0.15, 0.2) is 0 Å². The van der Waals surface area contributed by atoms with E-state index in [1.807, 2.05) is 0 Å². The van der Waals surface area contributed by atoms with Gasteiger partial charge in [-0.15, -0.1) is 0 Å². The molecule has 58 valence electrons. The normalized spacial score (nSPS) is 0. The first-order valence-electron chi connectivity index (χ1n) is 0. The summed E-state index contributed by atoms with van der Waals surface area (Å²) in [6.45, 7) is 0. The average Bonchev–Trinajstić information content (AvgIpc) is 0. The van der Waals surface area contributed by atoms with Crippen molar-refractivity contribution in [1.29, 1.82) is 0 Å². The minimum atomic E-state index is 0. The molecule has 0 aliphatic rings. The summed E-state index contributed by atoms with van der Waals surface area (Å²) < 4.78 is 0. The zero-order valence-electron chi connectivity index (χ0n) is 5.29. The third-order valence-corrected chi connectivity index (χ3v) is 0. The van der Waals surface area contributed by atoms with E-state index in [2.05, 4.69) is 0 Å². The first-order chi connectivity index (χ1) is 0. The van der Waals surface area contributed by atoms with Gasteiger partial charge >= 0.3 is 34.7 Å². The van der Waals surface area contributed by atoms with E-state index in [0.29, 0.717) is 0 Å². The van der Waals surface area contributed by atoms with Gasteiger partial charge in [-0.05, 0) is 0 Å². The van der Waals surface area contributed by atoms with Gasteiger partial charge in [0.1, 0.15) is 0 Å². The molecule has 0 rings (SSSR count). The van der Waals surface area contributed by atoms with Gasteiger partial charge < -0.3 is 51.2 Å². The van der Waals surface area contributed by atoms with Crippen LogP contribution in [0.5, 0.6) is 0 Å². The summed E-state index contributed by atoms with van der Waals surface area (Å²) in [6, 6.07) is 0. The first kappa shape index (κ1) is 110. The Morgan fingerprint density at radius 2 is 0.455 bits per heavy atom. The van der Waals surface area contributed by atoms with Crippen molar-refractivity contribution in [1.82, 2.24) is 0 Å². The Kier molecular flexibility index (Phi) is 922. The standard InChI is InChI=1S/2Al.2Cu.2Ga.2In.3Se/q2*+3;;;;;;;3*-2. The molecule has 0 fully saturated rings. The Bertz CT molecular complexity index is 25.3. The van der Waals surface area contributed by atoms with Crippen molar-refractivity contribution in [3.8, 4) is 0 Å². The van der Waals surface area contributed by atoms with E-state index in [1.54, 1.807) is 0 Å². The van der Waals surface area contributed by atoms with Crippen molar-refractivity contribution in [2.75, 3.05) is 0 Å². The second-order valence-electron chi connectivity index (χ2n) is 0. The SMILES string of the molecule is [Al+3].[Al+3].[Cu].[Cu].[Ga].[Ga].[In].[In].[Se-2].[Se-2].[Se-2]. The Labute approximate surface area is 206 Å². The molecule has 0 aromatic carbocycles. The van der Waals surface area contributed by atoms with E-state index in [4.69, 9.17) is 0 Å². The molecule has 0 atom stereocenters. The maximum atomic E-state index is 0. The average molecular weight is 787 g/mol. The molecular weight excluding hydrogens is 787 g/mol. The molecule has 14 radical (unpaired) electrons. The summed E-state index contributed by atoms with van der Waals surface area (Å²) in [6.07, 6.45) is 0. The van der Waals surface area contributed by atoms with Crippen LogP contribution < -0.4 is 0 Å². The Morgan fingerprint density at radius 1 is 0.455 bits per heavy atom. The fourth-order valence-corrected chi connectivity index (χ4v) is 0. The summed E-state index contributed by atoms with van der Waals surface area (Å²) >= 11 is 0. The largest absolute Gasteiger partial charge is 3.00 e. The molecule has 0 spiro atoms. The van der Waals surface area contributed by atoms with Crippen molar-refractivity contribution >= 4 is 177 Å². The number of hydrogen-bond donors (Lipinski definition) is 0. The summed E-state index contributed by atoms with van der Waals surface area (Å²) in [5, 5.41) is 0. The fourth-order valence-electron chi connectivity index (χ4n) is 0. The zero-order chi connectivity index (χ0) is 0. The van der Waals surface area contributed by atoms with Crippen LogP contribution in [0.1, 0.15) is 0 Å². The van der Waals surface area contributed by atoms with Crippen molar-refractivity contribution in [3.05, 3.63) is 0 Å². The van der Waals surface area contributed by atoms with Crippen LogP contribution >= 0.6 is 0 Å². The molecular formula is Al2Cu2Ga2In2Se3. The van der Waals surface area contributed by atoms with Crippen molar-refractivity contribution in [2.24, 2.45) is 0 Å². The van der Waals surface area contributed by atoms with Crippen LogP contribution in [0.2, 0.25) is 0 Å². The molecule has 0 bridgehead atoms. The van der Waals surface area contributed by atoms with Gasteiger partial charge in [-0.3, -0.25) is 0 Å². The van der Waals surface area contributed by atoms with Gasteiger partial charge in [0.25, 0.3) is 0 Å². The van der Waals surface area contributed by atoms with E-state index >= 15 is 0 Å². The Morgan fingerprint density at radius 3 is 0.455 bits per heavy atom. The number of rotatable bonds is 0. The second kappa shape index (κ2) is 92.0. The van der Waals surface area contributed by atoms with Crippen LogP contribution in [0.3, 0.4) is 0 Å². The molecule has 0 aliphatic carbocycles. The fraction of sp³-hybridized carbons (Fsp3) is 0. The van der Waals surface area contributed by atoms with Gasteiger partial charge in [0, 0.05) is 125 Å². The number of hydrogen-bond acceptors (Lipinski definition) is 0. The smallest absolute Gasteiger partial charge is 2.00 e.